The topological polar surface area (TPSA) is 106 Å². The van der Waals surface area contributed by atoms with Gasteiger partial charge >= 0.3 is 5.38 Å². The number of fused-ring (bicyclic) bond motifs is 1. The van der Waals surface area contributed by atoms with Crippen LogP contribution in [0.1, 0.15) is 26.7 Å². The van der Waals surface area contributed by atoms with E-state index in [1.807, 2.05) is 13.8 Å². The Balaban J connectivity index is 1.79. The number of ketones is 1. The first kappa shape index (κ1) is 20.9. The fourth-order valence-corrected chi connectivity index (χ4v) is 5.05. The number of alkyl halides is 3. The molecule has 0 aromatic carbocycles. The van der Waals surface area contributed by atoms with Crippen molar-refractivity contribution in [2.75, 3.05) is 6.54 Å². The van der Waals surface area contributed by atoms with Gasteiger partial charge in [-0.3, -0.25) is 14.4 Å². The number of nitrogens with two attached hydrogens (primary N) is 2. The summed E-state index contributed by atoms with van der Waals surface area (Å²) in [5.41, 5.74) is 9.75. The van der Waals surface area contributed by atoms with Crippen molar-refractivity contribution < 1.29 is 23.2 Å². The van der Waals surface area contributed by atoms with Gasteiger partial charge in [-0.05, 0) is 35.3 Å². The number of nitrogens with zero attached hydrogens (tertiary/aromatic N) is 1. The number of amides is 2. The van der Waals surface area contributed by atoms with E-state index in [1.165, 1.54) is 23.1 Å². The first-order valence-corrected chi connectivity index (χ1v) is 9.52. The van der Waals surface area contributed by atoms with Crippen molar-refractivity contribution in [2.45, 2.75) is 44.2 Å². The predicted octanol–water partition coefficient (Wildman–Crippen LogP) is 1.58. The van der Waals surface area contributed by atoms with Crippen molar-refractivity contribution in [2.24, 2.45) is 34.1 Å². The van der Waals surface area contributed by atoms with E-state index in [2.05, 4.69) is 0 Å². The molecule has 1 saturated carbocycles. The summed E-state index contributed by atoms with van der Waals surface area (Å²) in [6.45, 7) is 4.39. The maximum absolute atomic E-state index is 13.6. The lowest BCUT2D eigenvalue weighted by molar-refractivity contribution is -0.145. The molecule has 0 aromatic heterocycles. The van der Waals surface area contributed by atoms with Crippen molar-refractivity contribution in [1.29, 1.82) is 0 Å². The average molecular weight is 416 g/mol. The molecule has 9 heteroatoms. The summed E-state index contributed by atoms with van der Waals surface area (Å²) in [4.78, 5) is 38.5. The molecule has 3 aliphatic rings. The molecule has 2 amide bonds. The van der Waals surface area contributed by atoms with Crippen LogP contribution in [0.25, 0.3) is 0 Å². The summed E-state index contributed by atoms with van der Waals surface area (Å²) in [6.07, 6.45) is 5.39. The summed E-state index contributed by atoms with van der Waals surface area (Å²) in [5, 5.41) is -4.11. The maximum atomic E-state index is 13.6. The Hall–Kier alpha value is -1.80. The second-order valence-corrected chi connectivity index (χ2v) is 8.99. The monoisotopic (exact) mass is 415 g/mol. The molecule has 6 nitrogen and oxygen atoms in total. The lowest BCUT2D eigenvalue weighted by Gasteiger charge is -2.37. The van der Waals surface area contributed by atoms with Gasteiger partial charge in [-0.2, -0.15) is 8.78 Å². The van der Waals surface area contributed by atoms with Crippen LogP contribution in [0.15, 0.2) is 24.3 Å². The van der Waals surface area contributed by atoms with Crippen molar-refractivity contribution in [3.63, 3.8) is 0 Å². The minimum Gasteiger partial charge on any atom is -0.368 e. The molecule has 154 valence electrons. The quantitative estimate of drug-likeness (QED) is 0.642. The Bertz CT molecular complexity index is 777. The zero-order valence-corrected chi connectivity index (χ0v) is 16.5. The summed E-state index contributed by atoms with van der Waals surface area (Å²) < 4.78 is 27.2. The number of Topliss-reactive ketones (excluding diaryl/α,β-unsaturated/α-hetero) is 1. The van der Waals surface area contributed by atoms with Gasteiger partial charge in [-0.25, -0.2) is 0 Å². The van der Waals surface area contributed by atoms with Gasteiger partial charge < -0.3 is 16.4 Å². The smallest absolute Gasteiger partial charge is 0.368 e. The number of carbonyl (C=O) groups is 3. The predicted molar refractivity (Wildman–Crippen MR) is 99.2 cm³/mol. The molecule has 1 heterocycles. The number of allylic oxidation sites excluding steroid dienone is 3. The van der Waals surface area contributed by atoms with Crippen molar-refractivity contribution in [1.82, 2.24) is 4.90 Å². The lowest BCUT2D eigenvalue weighted by atomic mass is 9.70. The van der Waals surface area contributed by atoms with Gasteiger partial charge in [0.1, 0.15) is 6.04 Å². The molecule has 1 saturated heterocycles. The third-order valence-corrected chi connectivity index (χ3v) is 6.82. The highest BCUT2D eigenvalue weighted by molar-refractivity contribution is 6.33. The summed E-state index contributed by atoms with van der Waals surface area (Å²) >= 11 is 4.98. The molecule has 3 rings (SSSR count). The van der Waals surface area contributed by atoms with Crippen molar-refractivity contribution >= 4 is 29.2 Å². The first-order chi connectivity index (χ1) is 12.8. The van der Waals surface area contributed by atoms with E-state index in [-0.39, 0.29) is 30.1 Å². The lowest BCUT2D eigenvalue weighted by Crippen LogP contribution is -2.55. The molecule has 0 aromatic rings. The molecule has 28 heavy (non-hydrogen) atoms. The van der Waals surface area contributed by atoms with E-state index < -0.39 is 40.5 Å². The van der Waals surface area contributed by atoms with E-state index in [1.54, 1.807) is 6.08 Å². The summed E-state index contributed by atoms with van der Waals surface area (Å²) in [6, 6.07) is -1.97. The normalized spacial score (nSPS) is 34.1. The van der Waals surface area contributed by atoms with Crippen LogP contribution in [-0.4, -0.2) is 46.5 Å². The third-order valence-electron chi connectivity index (χ3n) is 6.65. The molecule has 5 atom stereocenters. The number of hydrogen-bond acceptors (Lipinski definition) is 4. The minimum absolute atomic E-state index is 0.0227. The SMILES string of the molecule is CC1(C)C2CN(C(=O)C[C@@H](N)C3(C(=O)C(F)(F)Cl)C=CC=CC3)C(C(N)=O)C21. The standard InChI is InChI=1S/C19H24ClF2N3O3/c1-17(2)10-9-25(14(13(10)17)15(24)27)12(26)8-11(23)18(6-4-3-5-7-18)16(28)19(20,21)22/h3-6,10-11,13-14H,7-9,23H2,1-2H3,(H2,24,27)/t10?,11-,13?,14?,18?/m1/s1. The van der Waals surface area contributed by atoms with Crippen LogP contribution in [-0.2, 0) is 14.4 Å². The van der Waals surface area contributed by atoms with Gasteiger partial charge in [0.15, 0.2) is 0 Å². The number of primary amides is 1. The van der Waals surface area contributed by atoms with E-state index in [9.17, 15) is 23.2 Å². The molecule has 0 radical (unpaired) electrons. The molecule has 4 N–H and O–H groups in total. The first-order valence-electron chi connectivity index (χ1n) is 9.14. The van der Waals surface area contributed by atoms with Gasteiger partial charge in [-0.15, -0.1) is 0 Å². The van der Waals surface area contributed by atoms with Gasteiger partial charge in [0.05, 0.1) is 5.41 Å². The second-order valence-electron chi connectivity index (χ2n) is 8.52. The van der Waals surface area contributed by atoms with Crippen molar-refractivity contribution in [3.8, 4) is 0 Å². The Morgan fingerprint density at radius 3 is 2.46 bits per heavy atom. The largest absolute Gasteiger partial charge is 0.381 e. The molecule has 4 unspecified atom stereocenters. The highest BCUT2D eigenvalue weighted by Crippen LogP contribution is 2.64. The fraction of sp³-hybridized carbons (Fsp3) is 0.632. The van der Waals surface area contributed by atoms with E-state index in [0.717, 1.165) is 0 Å². The second kappa shape index (κ2) is 6.62. The molecule has 2 aliphatic carbocycles. The number of halogens is 3. The molecular weight excluding hydrogens is 392 g/mol. The molecule has 2 fully saturated rings. The number of rotatable bonds is 6. The van der Waals surface area contributed by atoms with E-state index >= 15 is 0 Å². The Labute approximate surface area is 166 Å². The zero-order valence-electron chi connectivity index (χ0n) is 15.7. The van der Waals surface area contributed by atoms with Gasteiger partial charge in [-0.1, -0.05) is 38.2 Å². The average Bonchev–Trinajstić information content (AvgIpc) is 2.97. The number of piperidine rings is 1. The molecule has 0 bridgehead atoms. The number of likely N-dealkylation sites (tertiary alicyclic amines) is 1. The van der Waals surface area contributed by atoms with Crippen LogP contribution in [0.4, 0.5) is 8.78 Å². The van der Waals surface area contributed by atoms with Gasteiger partial charge in [0.2, 0.25) is 17.6 Å². The highest BCUT2D eigenvalue weighted by Gasteiger charge is 2.69. The summed E-state index contributed by atoms with van der Waals surface area (Å²) in [7, 11) is 0. The van der Waals surface area contributed by atoms with Crippen LogP contribution in [0.3, 0.4) is 0 Å². The van der Waals surface area contributed by atoms with E-state index in [0.29, 0.717) is 6.54 Å². The van der Waals surface area contributed by atoms with Gasteiger partial charge in [0.25, 0.3) is 0 Å². The third kappa shape index (κ3) is 3.16. The fourth-order valence-electron chi connectivity index (χ4n) is 4.87. The van der Waals surface area contributed by atoms with E-state index in [4.69, 9.17) is 23.1 Å². The molecular formula is C19H24ClF2N3O3. The Morgan fingerprint density at radius 2 is 1.96 bits per heavy atom. The highest BCUT2D eigenvalue weighted by atomic mass is 35.5. The van der Waals surface area contributed by atoms with Crippen LogP contribution >= 0.6 is 11.6 Å². The molecule has 0 spiro atoms. The minimum atomic E-state index is -4.11. The van der Waals surface area contributed by atoms with Crippen LogP contribution in [0.2, 0.25) is 0 Å². The van der Waals surface area contributed by atoms with Crippen LogP contribution < -0.4 is 11.5 Å². The van der Waals surface area contributed by atoms with Crippen molar-refractivity contribution in [3.05, 3.63) is 24.3 Å². The summed E-state index contributed by atoms with van der Waals surface area (Å²) in [5.74, 6) is -2.48. The van der Waals surface area contributed by atoms with Crippen LogP contribution in [0, 0.1) is 22.7 Å². The zero-order chi connectivity index (χ0) is 21.1. The Morgan fingerprint density at radius 1 is 1.32 bits per heavy atom. The van der Waals surface area contributed by atoms with Gasteiger partial charge in [0, 0.05) is 19.0 Å². The Kier molecular flexibility index (Phi) is 4.95. The van der Waals surface area contributed by atoms with Crippen LogP contribution in [0.5, 0.6) is 0 Å². The maximum Gasteiger partial charge on any atom is 0.381 e. The number of hydrogen-bond donors (Lipinski definition) is 2. The molecule has 1 aliphatic heterocycles. The number of carbonyl (C=O) groups excluding carboxylic acids is 3.